The minimum atomic E-state index is -0.531. The van der Waals surface area contributed by atoms with Crippen LogP contribution in [0, 0.1) is 10.1 Å². The van der Waals surface area contributed by atoms with Crippen molar-refractivity contribution in [1.29, 1.82) is 0 Å². The van der Waals surface area contributed by atoms with Crippen LogP contribution in [0.3, 0.4) is 0 Å². The van der Waals surface area contributed by atoms with Gasteiger partial charge in [0.1, 0.15) is 5.00 Å². The summed E-state index contributed by atoms with van der Waals surface area (Å²) in [6.07, 6.45) is 3.76. The number of nitrogens with one attached hydrogen (secondary N) is 1. The van der Waals surface area contributed by atoms with Crippen LogP contribution in [0.4, 0.5) is 10.7 Å². The molecule has 0 radical (unpaired) electrons. The molecular weight excluding hydrogens is 386 g/mol. The molecule has 4 rings (SSSR count). The topological polar surface area (TPSA) is 115 Å². The average Bonchev–Trinajstić information content (AvgIpc) is 3.21. The summed E-state index contributed by atoms with van der Waals surface area (Å²) in [4.78, 5) is 36.6. The highest BCUT2D eigenvalue weighted by atomic mass is 32.1. The lowest BCUT2D eigenvalue weighted by Gasteiger charge is -2.11. The smallest absolute Gasteiger partial charge is 0.270 e. The number of carbonyl (C=O) groups excluding carboxylic acids is 2. The average molecular weight is 401 g/mol. The molecule has 2 heterocycles. The molecule has 27 heavy (non-hydrogen) atoms. The number of nitro benzene ring substituents is 1. The molecule has 0 saturated carbocycles. The fourth-order valence-electron chi connectivity index (χ4n) is 3.34. The van der Waals surface area contributed by atoms with Crippen LogP contribution in [-0.2, 0) is 12.8 Å². The summed E-state index contributed by atoms with van der Waals surface area (Å²) in [5, 5.41) is 14.9. The number of nitro groups is 1. The number of thiophene rings is 2. The van der Waals surface area contributed by atoms with E-state index in [1.807, 2.05) is 0 Å². The van der Waals surface area contributed by atoms with Crippen LogP contribution in [0.5, 0.6) is 0 Å². The molecule has 0 saturated heterocycles. The van der Waals surface area contributed by atoms with Crippen molar-refractivity contribution in [3.8, 4) is 0 Å². The summed E-state index contributed by atoms with van der Waals surface area (Å²) in [6, 6.07) is 6.12. The van der Waals surface area contributed by atoms with E-state index in [1.54, 1.807) is 12.1 Å². The number of hydrogen-bond donors (Lipinski definition) is 2. The Balaban J connectivity index is 1.66. The molecule has 1 aliphatic carbocycles. The molecule has 138 valence electrons. The molecule has 0 fully saturated rings. The second-order valence-electron chi connectivity index (χ2n) is 6.32. The number of hydrogen-bond acceptors (Lipinski definition) is 6. The van der Waals surface area contributed by atoms with E-state index in [0.717, 1.165) is 40.8 Å². The van der Waals surface area contributed by atoms with Crippen LogP contribution >= 0.6 is 22.7 Å². The number of amides is 2. The van der Waals surface area contributed by atoms with Crippen molar-refractivity contribution in [2.45, 2.75) is 25.7 Å². The van der Waals surface area contributed by atoms with Crippen molar-refractivity contribution in [3.05, 3.63) is 55.3 Å². The number of anilines is 1. The first-order valence-electron chi connectivity index (χ1n) is 8.37. The van der Waals surface area contributed by atoms with E-state index in [9.17, 15) is 19.7 Å². The number of rotatable bonds is 4. The van der Waals surface area contributed by atoms with Gasteiger partial charge in [0.2, 0.25) is 0 Å². The molecule has 0 atom stereocenters. The van der Waals surface area contributed by atoms with E-state index in [4.69, 9.17) is 5.73 Å². The van der Waals surface area contributed by atoms with Gasteiger partial charge in [0.15, 0.2) is 0 Å². The third-order valence-electron chi connectivity index (χ3n) is 4.58. The largest absolute Gasteiger partial charge is 0.365 e. The number of aryl methyl sites for hydroxylation is 1. The van der Waals surface area contributed by atoms with Gasteiger partial charge in [-0.25, -0.2) is 0 Å². The standard InChI is InChI=1S/C18H15N3O4S2/c19-16(22)15-11-3-1-2-4-13(11)27-18(15)20-17(23)14-8-9-7-10(21(24)25)5-6-12(9)26-14/h5-8H,1-4H2,(H2,19,22)(H,20,23). The lowest BCUT2D eigenvalue weighted by atomic mass is 9.95. The van der Waals surface area contributed by atoms with Crippen molar-refractivity contribution in [1.82, 2.24) is 0 Å². The van der Waals surface area contributed by atoms with E-state index in [-0.39, 0.29) is 11.6 Å². The highest BCUT2D eigenvalue weighted by molar-refractivity contribution is 7.21. The van der Waals surface area contributed by atoms with Gasteiger partial charge in [-0.2, -0.15) is 0 Å². The van der Waals surface area contributed by atoms with E-state index < -0.39 is 10.8 Å². The van der Waals surface area contributed by atoms with Crippen molar-refractivity contribution in [2.24, 2.45) is 5.73 Å². The molecule has 1 aliphatic rings. The number of non-ortho nitro benzene ring substituents is 1. The number of nitrogens with zero attached hydrogens (tertiary/aromatic N) is 1. The summed E-state index contributed by atoms with van der Waals surface area (Å²) < 4.78 is 0.784. The van der Waals surface area contributed by atoms with Gasteiger partial charge in [0.25, 0.3) is 17.5 Å². The van der Waals surface area contributed by atoms with Crippen LogP contribution in [0.25, 0.3) is 10.1 Å². The molecule has 0 spiro atoms. The summed E-state index contributed by atoms with van der Waals surface area (Å²) in [5.41, 5.74) is 6.92. The summed E-state index contributed by atoms with van der Waals surface area (Å²) in [5.74, 6) is -0.878. The van der Waals surface area contributed by atoms with Gasteiger partial charge in [0, 0.05) is 27.1 Å². The van der Waals surface area contributed by atoms with E-state index >= 15 is 0 Å². The Kier molecular flexibility index (Phi) is 4.40. The molecule has 9 heteroatoms. The van der Waals surface area contributed by atoms with Gasteiger partial charge in [-0.1, -0.05) is 0 Å². The van der Waals surface area contributed by atoms with Crippen LogP contribution < -0.4 is 11.1 Å². The number of carbonyl (C=O) groups is 2. The van der Waals surface area contributed by atoms with Crippen LogP contribution in [0.1, 0.15) is 43.3 Å². The van der Waals surface area contributed by atoms with Crippen molar-refractivity contribution in [3.63, 3.8) is 0 Å². The SMILES string of the molecule is NC(=O)c1c(NC(=O)c2cc3cc([N+](=O)[O-])ccc3s2)sc2c1CCCC2. The van der Waals surface area contributed by atoms with E-state index in [2.05, 4.69) is 5.32 Å². The van der Waals surface area contributed by atoms with Crippen molar-refractivity contribution in [2.75, 3.05) is 5.32 Å². The molecule has 1 aromatic carbocycles. The van der Waals surface area contributed by atoms with Crippen molar-refractivity contribution < 1.29 is 14.5 Å². The zero-order valence-electron chi connectivity index (χ0n) is 14.1. The molecule has 0 bridgehead atoms. The first kappa shape index (κ1) is 17.6. The number of nitrogens with two attached hydrogens (primary N) is 1. The molecule has 3 N–H and O–H groups in total. The Hall–Kier alpha value is -2.78. The summed E-state index contributed by atoms with van der Waals surface area (Å²) in [7, 11) is 0. The van der Waals surface area contributed by atoms with Crippen LogP contribution in [0.2, 0.25) is 0 Å². The van der Waals surface area contributed by atoms with Crippen LogP contribution in [0.15, 0.2) is 24.3 Å². The van der Waals surface area contributed by atoms with Gasteiger partial charge in [0.05, 0.1) is 15.4 Å². The molecule has 0 aliphatic heterocycles. The van der Waals surface area contributed by atoms with E-state index in [0.29, 0.717) is 20.8 Å². The molecular formula is C18H15N3O4S2. The minimum Gasteiger partial charge on any atom is -0.365 e. The third-order valence-corrected chi connectivity index (χ3v) is 6.90. The molecule has 2 aromatic heterocycles. The number of fused-ring (bicyclic) bond motifs is 2. The maximum absolute atomic E-state index is 12.7. The summed E-state index contributed by atoms with van der Waals surface area (Å²) in [6.45, 7) is 0. The zero-order chi connectivity index (χ0) is 19.1. The highest BCUT2D eigenvalue weighted by Gasteiger charge is 2.25. The molecule has 0 unspecified atom stereocenters. The third kappa shape index (κ3) is 3.19. The fourth-order valence-corrected chi connectivity index (χ4v) is 5.56. The van der Waals surface area contributed by atoms with Gasteiger partial charge in [-0.3, -0.25) is 19.7 Å². The number of benzene rings is 1. The lowest BCUT2D eigenvalue weighted by Crippen LogP contribution is -2.18. The summed E-state index contributed by atoms with van der Waals surface area (Å²) >= 11 is 2.66. The van der Waals surface area contributed by atoms with Gasteiger partial charge in [-0.15, -0.1) is 22.7 Å². The highest BCUT2D eigenvalue weighted by Crippen LogP contribution is 2.38. The molecule has 2 amide bonds. The van der Waals surface area contributed by atoms with Crippen molar-refractivity contribution >= 4 is 55.3 Å². The second-order valence-corrected chi connectivity index (χ2v) is 8.51. The quantitative estimate of drug-likeness (QED) is 0.506. The normalized spacial score (nSPS) is 13.3. The maximum Gasteiger partial charge on any atom is 0.270 e. The zero-order valence-corrected chi connectivity index (χ0v) is 15.7. The second kappa shape index (κ2) is 6.75. The maximum atomic E-state index is 12.7. The minimum absolute atomic E-state index is 0.0193. The lowest BCUT2D eigenvalue weighted by molar-refractivity contribution is -0.384. The first-order chi connectivity index (χ1) is 12.9. The Morgan fingerprint density at radius 3 is 2.67 bits per heavy atom. The first-order valence-corrected chi connectivity index (χ1v) is 10.0. The van der Waals surface area contributed by atoms with E-state index in [1.165, 1.54) is 34.8 Å². The fraction of sp³-hybridized carbons (Fsp3) is 0.222. The Labute approximate surface area is 162 Å². The Bertz CT molecular complexity index is 1100. The van der Waals surface area contributed by atoms with Gasteiger partial charge in [-0.05, 0) is 43.4 Å². The van der Waals surface area contributed by atoms with Gasteiger partial charge >= 0.3 is 0 Å². The Morgan fingerprint density at radius 1 is 1.15 bits per heavy atom. The predicted molar refractivity (Wildman–Crippen MR) is 106 cm³/mol. The molecule has 3 aromatic rings. The number of primary amides is 1. The van der Waals surface area contributed by atoms with Crippen LogP contribution in [-0.4, -0.2) is 16.7 Å². The van der Waals surface area contributed by atoms with Gasteiger partial charge < -0.3 is 11.1 Å². The molecule has 7 nitrogen and oxygen atoms in total. The monoisotopic (exact) mass is 401 g/mol. The Morgan fingerprint density at radius 2 is 1.93 bits per heavy atom. The predicted octanol–water partition coefficient (Wildman–Crippen LogP) is 4.10.